The molecule has 0 unspecified atom stereocenters. The SMILES string of the molecule is COc1ccc(C/C(C)=N/OC(=O)[C@H](Cc2ccc(OC(C)=O)cc2)NC(=O)OC(C)(C)C)cc1. The number of esters is 1. The van der Waals surface area contributed by atoms with Gasteiger partial charge in [-0.15, -0.1) is 0 Å². The van der Waals surface area contributed by atoms with Gasteiger partial charge < -0.3 is 24.4 Å². The first-order valence-electron chi connectivity index (χ1n) is 11.1. The second-order valence-electron chi connectivity index (χ2n) is 8.90. The highest BCUT2D eigenvalue weighted by Gasteiger charge is 2.26. The molecule has 1 N–H and O–H groups in total. The number of methoxy groups -OCH3 is 1. The van der Waals surface area contributed by atoms with Gasteiger partial charge in [-0.05, 0) is 63.1 Å². The summed E-state index contributed by atoms with van der Waals surface area (Å²) in [6.07, 6.45) is -0.167. The summed E-state index contributed by atoms with van der Waals surface area (Å²) in [4.78, 5) is 41.4. The van der Waals surface area contributed by atoms with E-state index in [-0.39, 0.29) is 6.42 Å². The minimum absolute atomic E-state index is 0.117. The lowest BCUT2D eigenvalue weighted by atomic mass is 10.1. The third-order valence-corrected chi connectivity index (χ3v) is 4.51. The Kier molecular flexibility index (Phi) is 9.81. The van der Waals surface area contributed by atoms with Crippen LogP contribution in [-0.2, 0) is 32.0 Å². The summed E-state index contributed by atoms with van der Waals surface area (Å²) in [6.45, 7) is 8.21. The summed E-state index contributed by atoms with van der Waals surface area (Å²) in [6, 6.07) is 13.0. The molecular formula is C26H32N2O7. The van der Waals surface area contributed by atoms with E-state index >= 15 is 0 Å². The van der Waals surface area contributed by atoms with Gasteiger partial charge in [0.15, 0.2) is 0 Å². The smallest absolute Gasteiger partial charge is 0.408 e. The Hall–Kier alpha value is -3.88. The van der Waals surface area contributed by atoms with E-state index in [9.17, 15) is 14.4 Å². The molecule has 0 aliphatic rings. The topological polar surface area (TPSA) is 113 Å². The average Bonchev–Trinajstić information content (AvgIpc) is 2.77. The van der Waals surface area contributed by atoms with Gasteiger partial charge in [0, 0.05) is 19.8 Å². The van der Waals surface area contributed by atoms with Crippen LogP contribution in [0.1, 0.15) is 45.7 Å². The van der Waals surface area contributed by atoms with Crippen LogP contribution in [0.5, 0.6) is 11.5 Å². The summed E-state index contributed by atoms with van der Waals surface area (Å²) in [5.41, 5.74) is 1.51. The Morgan fingerprint density at radius 3 is 2.03 bits per heavy atom. The average molecular weight is 485 g/mol. The van der Waals surface area contributed by atoms with Crippen LogP contribution in [0.25, 0.3) is 0 Å². The van der Waals surface area contributed by atoms with Crippen LogP contribution in [-0.4, -0.2) is 42.5 Å². The molecule has 0 spiro atoms. The van der Waals surface area contributed by atoms with Crippen LogP contribution >= 0.6 is 0 Å². The van der Waals surface area contributed by atoms with Crippen molar-refractivity contribution in [1.29, 1.82) is 0 Å². The zero-order chi connectivity index (χ0) is 26.0. The van der Waals surface area contributed by atoms with Gasteiger partial charge in [0.1, 0.15) is 23.1 Å². The van der Waals surface area contributed by atoms with Crippen molar-refractivity contribution in [2.45, 2.75) is 59.1 Å². The van der Waals surface area contributed by atoms with E-state index in [2.05, 4.69) is 10.5 Å². The Labute approximate surface area is 205 Å². The molecule has 0 heterocycles. The Balaban J connectivity index is 2.09. The second-order valence-corrected chi connectivity index (χ2v) is 8.90. The zero-order valence-corrected chi connectivity index (χ0v) is 20.9. The van der Waals surface area contributed by atoms with Crippen molar-refractivity contribution in [2.75, 3.05) is 7.11 Å². The molecule has 0 bridgehead atoms. The van der Waals surface area contributed by atoms with E-state index in [0.29, 0.717) is 23.4 Å². The normalized spacial score (nSPS) is 12.3. The third kappa shape index (κ3) is 10.3. The number of ether oxygens (including phenoxy) is 3. The maximum atomic E-state index is 12.8. The molecule has 0 aliphatic heterocycles. The number of nitrogens with zero attached hydrogens (tertiary/aromatic N) is 1. The molecule has 2 aromatic rings. The van der Waals surface area contributed by atoms with Gasteiger partial charge in [0.05, 0.1) is 12.8 Å². The fraction of sp³-hybridized carbons (Fsp3) is 0.385. The minimum Gasteiger partial charge on any atom is -0.497 e. The van der Waals surface area contributed by atoms with Crippen molar-refractivity contribution < 1.29 is 33.4 Å². The molecular weight excluding hydrogens is 452 g/mol. The van der Waals surface area contributed by atoms with Crippen molar-refractivity contribution in [1.82, 2.24) is 5.32 Å². The number of rotatable bonds is 9. The molecule has 9 heteroatoms. The van der Waals surface area contributed by atoms with E-state index in [0.717, 1.165) is 11.3 Å². The summed E-state index contributed by atoms with van der Waals surface area (Å²) >= 11 is 0. The van der Waals surface area contributed by atoms with Crippen LogP contribution in [0.2, 0.25) is 0 Å². The highest BCUT2D eigenvalue weighted by atomic mass is 16.7. The molecule has 2 aromatic carbocycles. The number of nitrogens with one attached hydrogen (secondary N) is 1. The van der Waals surface area contributed by atoms with E-state index in [1.54, 1.807) is 59.1 Å². The molecule has 0 aliphatic carbocycles. The molecule has 188 valence electrons. The highest BCUT2D eigenvalue weighted by Crippen LogP contribution is 2.15. The summed E-state index contributed by atoms with van der Waals surface area (Å²) in [5, 5.41) is 6.49. The van der Waals surface area contributed by atoms with Crippen LogP contribution in [0.3, 0.4) is 0 Å². The molecule has 0 saturated carbocycles. The quantitative estimate of drug-likeness (QED) is 0.186. The fourth-order valence-electron chi connectivity index (χ4n) is 3.00. The van der Waals surface area contributed by atoms with Gasteiger partial charge in [0.2, 0.25) is 0 Å². The molecule has 1 amide bonds. The minimum atomic E-state index is -1.05. The summed E-state index contributed by atoms with van der Waals surface area (Å²) in [7, 11) is 1.59. The number of carbonyl (C=O) groups is 3. The Bertz CT molecular complexity index is 1040. The van der Waals surface area contributed by atoms with Crippen molar-refractivity contribution >= 4 is 23.7 Å². The molecule has 2 rings (SSSR count). The first kappa shape index (κ1) is 27.4. The first-order chi connectivity index (χ1) is 16.4. The van der Waals surface area contributed by atoms with Gasteiger partial charge in [-0.2, -0.15) is 0 Å². The van der Waals surface area contributed by atoms with E-state index < -0.39 is 29.7 Å². The van der Waals surface area contributed by atoms with E-state index in [4.69, 9.17) is 19.0 Å². The maximum absolute atomic E-state index is 12.8. The van der Waals surface area contributed by atoms with Gasteiger partial charge in [-0.1, -0.05) is 29.4 Å². The second kappa shape index (κ2) is 12.5. The Morgan fingerprint density at radius 2 is 1.49 bits per heavy atom. The van der Waals surface area contributed by atoms with Gasteiger partial charge in [-0.25, -0.2) is 9.59 Å². The number of oxime groups is 1. The standard InChI is InChI=1S/C26H32N2O7/c1-17(15-19-7-11-21(32-6)12-8-19)28-35-24(30)23(27-25(31)34-26(3,4)5)16-20-9-13-22(14-10-20)33-18(2)29/h7-14,23H,15-16H2,1-6H3,(H,27,31)/b28-17+/t23-/m0/s1. The molecule has 1 atom stereocenters. The van der Waals surface area contributed by atoms with E-state index in [1.807, 2.05) is 24.3 Å². The van der Waals surface area contributed by atoms with Crippen molar-refractivity contribution in [2.24, 2.45) is 5.16 Å². The predicted molar refractivity (Wildman–Crippen MR) is 131 cm³/mol. The zero-order valence-electron chi connectivity index (χ0n) is 20.9. The van der Waals surface area contributed by atoms with Gasteiger partial charge in [-0.3, -0.25) is 4.79 Å². The monoisotopic (exact) mass is 484 g/mol. The number of amides is 1. The van der Waals surface area contributed by atoms with Gasteiger partial charge >= 0.3 is 18.0 Å². The lowest BCUT2D eigenvalue weighted by Crippen LogP contribution is -2.45. The molecule has 0 aromatic heterocycles. The Morgan fingerprint density at radius 1 is 0.914 bits per heavy atom. The van der Waals surface area contributed by atoms with Crippen molar-refractivity contribution in [3.8, 4) is 11.5 Å². The number of benzene rings is 2. The lowest BCUT2D eigenvalue weighted by molar-refractivity contribution is -0.146. The predicted octanol–water partition coefficient (Wildman–Crippen LogP) is 4.22. The van der Waals surface area contributed by atoms with E-state index in [1.165, 1.54) is 6.92 Å². The molecule has 0 saturated heterocycles. The highest BCUT2D eigenvalue weighted by molar-refractivity contribution is 5.86. The lowest BCUT2D eigenvalue weighted by Gasteiger charge is -2.22. The number of hydrogen-bond donors (Lipinski definition) is 1. The maximum Gasteiger partial charge on any atom is 0.408 e. The number of carbonyl (C=O) groups excluding carboxylic acids is 3. The molecule has 35 heavy (non-hydrogen) atoms. The fourth-order valence-corrected chi connectivity index (χ4v) is 3.00. The van der Waals surface area contributed by atoms with Crippen molar-refractivity contribution in [3.63, 3.8) is 0 Å². The van der Waals surface area contributed by atoms with Crippen LogP contribution in [0.15, 0.2) is 53.7 Å². The van der Waals surface area contributed by atoms with Gasteiger partial charge in [0.25, 0.3) is 0 Å². The molecule has 9 nitrogen and oxygen atoms in total. The first-order valence-corrected chi connectivity index (χ1v) is 11.1. The summed E-state index contributed by atoms with van der Waals surface area (Å²) in [5.74, 6) is -0.0615. The molecule has 0 radical (unpaired) electrons. The van der Waals surface area contributed by atoms with Crippen LogP contribution in [0.4, 0.5) is 4.79 Å². The van der Waals surface area contributed by atoms with Crippen LogP contribution in [0, 0.1) is 0 Å². The number of alkyl carbamates (subject to hydrolysis) is 1. The summed E-state index contributed by atoms with van der Waals surface area (Å²) < 4.78 is 15.5. The van der Waals surface area contributed by atoms with Crippen LogP contribution < -0.4 is 14.8 Å². The third-order valence-electron chi connectivity index (χ3n) is 4.51. The largest absolute Gasteiger partial charge is 0.497 e. The molecule has 0 fully saturated rings. The van der Waals surface area contributed by atoms with Crippen molar-refractivity contribution in [3.05, 3.63) is 59.7 Å². The number of hydrogen-bond acceptors (Lipinski definition) is 8.